The summed E-state index contributed by atoms with van der Waals surface area (Å²) >= 11 is 0. The number of aryl methyl sites for hydroxylation is 2. The average molecular weight is 612 g/mol. The number of ether oxygens (including phenoxy) is 1. The second-order valence-corrected chi connectivity index (χ2v) is 13.3. The molecule has 2 aliphatic heterocycles. The Kier molecular flexibility index (Phi) is 8.89. The largest absolute Gasteiger partial charge is 0.444 e. The molecule has 0 bridgehead atoms. The third-order valence-electron chi connectivity index (χ3n) is 8.16. The van der Waals surface area contributed by atoms with Crippen LogP contribution in [0, 0.1) is 13.8 Å². The number of rotatable bonds is 6. The lowest BCUT2D eigenvalue weighted by atomic mass is 9.90. The molecule has 2 aliphatic rings. The number of hydrogen-bond donors (Lipinski definition) is 2. The van der Waals surface area contributed by atoms with E-state index in [1.165, 1.54) is 16.8 Å². The van der Waals surface area contributed by atoms with Gasteiger partial charge in [0.05, 0.1) is 5.69 Å². The molecule has 0 aliphatic carbocycles. The molecular formula is C35H45N7O3. The van der Waals surface area contributed by atoms with Crippen molar-refractivity contribution >= 4 is 34.8 Å². The minimum atomic E-state index is -0.597. The van der Waals surface area contributed by atoms with E-state index in [9.17, 15) is 9.59 Å². The van der Waals surface area contributed by atoms with Gasteiger partial charge >= 0.3 is 6.09 Å². The Balaban J connectivity index is 1.30. The van der Waals surface area contributed by atoms with Gasteiger partial charge in [0.15, 0.2) is 5.82 Å². The highest BCUT2D eigenvalue weighted by atomic mass is 16.6. The summed E-state index contributed by atoms with van der Waals surface area (Å²) in [6.45, 7) is 14.4. The Labute approximate surface area is 266 Å². The second-order valence-electron chi connectivity index (χ2n) is 13.3. The lowest BCUT2D eigenvalue weighted by Crippen LogP contribution is -2.29. The van der Waals surface area contributed by atoms with Crippen LogP contribution in [0.25, 0.3) is 11.1 Å². The zero-order chi connectivity index (χ0) is 32.6. The Morgan fingerprint density at radius 1 is 1.11 bits per heavy atom. The first kappa shape index (κ1) is 32.0. The maximum atomic E-state index is 12.5. The topological polar surface area (TPSA) is 105 Å². The molecule has 0 spiro atoms. The van der Waals surface area contributed by atoms with Gasteiger partial charge in [0, 0.05) is 69.2 Å². The van der Waals surface area contributed by atoms with E-state index in [0.29, 0.717) is 5.82 Å². The van der Waals surface area contributed by atoms with Crippen molar-refractivity contribution < 1.29 is 14.3 Å². The predicted octanol–water partition coefficient (Wildman–Crippen LogP) is 6.02. The molecule has 1 aromatic carbocycles. The van der Waals surface area contributed by atoms with Gasteiger partial charge in [-0.25, -0.2) is 4.79 Å². The maximum absolute atomic E-state index is 12.5. The third kappa shape index (κ3) is 7.12. The van der Waals surface area contributed by atoms with E-state index in [1.54, 1.807) is 25.1 Å². The van der Waals surface area contributed by atoms with Crippen molar-refractivity contribution in [2.75, 3.05) is 37.8 Å². The van der Waals surface area contributed by atoms with E-state index in [2.05, 4.69) is 76.3 Å². The molecular weight excluding hydrogens is 566 g/mol. The van der Waals surface area contributed by atoms with Gasteiger partial charge in [-0.05, 0) is 101 Å². The molecule has 5 rings (SSSR count). The van der Waals surface area contributed by atoms with E-state index >= 15 is 0 Å². The Hall–Kier alpha value is -4.44. The molecule has 0 fully saturated rings. The number of nitrogens with one attached hydrogen (secondary N) is 2. The first-order valence-corrected chi connectivity index (χ1v) is 15.5. The number of nitrogens with zero attached hydrogens (tertiary/aromatic N) is 5. The van der Waals surface area contributed by atoms with Crippen molar-refractivity contribution in [2.45, 2.75) is 66.2 Å². The zero-order valence-electron chi connectivity index (χ0n) is 27.9. The van der Waals surface area contributed by atoms with Crippen LogP contribution in [-0.2, 0) is 18.3 Å². The molecule has 0 saturated heterocycles. The summed E-state index contributed by atoms with van der Waals surface area (Å²) in [7, 11) is 5.68. The van der Waals surface area contributed by atoms with Crippen LogP contribution in [-0.4, -0.2) is 75.4 Å². The molecule has 3 aromatic rings. The number of carbonyl (C=O) groups is 2. The van der Waals surface area contributed by atoms with E-state index in [0.717, 1.165) is 65.4 Å². The monoisotopic (exact) mass is 611 g/mol. The molecule has 10 heteroatoms. The molecule has 10 nitrogen and oxygen atoms in total. The number of carbonyl (C=O) groups excluding carboxylic acids is 2. The molecule has 0 radical (unpaired) electrons. The fraction of sp³-hybridized carbons (Fsp3) is 0.429. The summed E-state index contributed by atoms with van der Waals surface area (Å²) in [4.78, 5) is 28.8. The van der Waals surface area contributed by atoms with Crippen LogP contribution in [0.5, 0.6) is 0 Å². The Morgan fingerprint density at radius 2 is 1.82 bits per heavy atom. The zero-order valence-corrected chi connectivity index (χ0v) is 27.9. The number of anilines is 2. The number of fused-ring (bicyclic) bond motifs is 1. The molecule has 45 heavy (non-hydrogen) atoms. The minimum Gasteiger partial charge on any atom is -0.444 e. The van der Waals surface area contributed by atoms with E-state index < -0.39 is 11.7 Å². The Bertz CT molecular complexity index is 1650. The van der Waals surface area contributed by atoms with Crippen LogP contribution in [0.3, 0.4) is 0 Å². The van der Waals surface area contributed by atoms with Crippen LogP contribution in [0.15, 0.2) is 42.5 Å². The van der Waals surface area contributed by atoms with Gasteiger partial charge in [-0.1, -0.05) is 12.2 Å². The number of aromatic nitrogens is 3. The molecule has 2 N–H and O–H groups in total. The van der Waals surface area contributed by atoms with Gasteiger partial charge in [0.1, 0.15) is 11.4 Å². The molecule has 4 heterocycles. The Morgan fingerprint density at radius 3 is 2.40 bits per heavy atom. The molecule has 0 saturated carbocycles. The standard InChI is InChI=1S/C35H45N7O3/c1-21-16-25(33(43)40(7)8)17-22(2)31(21)24-12-14-42(15-13-24)20-26-19-28-27(18-23(3)36-32(28)41(26)9)29-10-11-30(39-38-29)37-34(44)45-35(4,5)6/h10-12,16-19,23,36H,13-15,20H2,1-9H3,(H,37,39,44). The highest BCUT2D eigenvalue weighted by molar-refractivity contribution is 5.95. The van der Waals surface area contributed by atoms with Crippen LogP contribution in [0.1, 0.15) is 78.1 Å². The van der Waals surface area contributed by atoms with Gasteiger partial charge in [0.25, 0.3) is 5.91 Å². The molecule has 1 atom stereocenters. The number of benzene rings is 1. The van der Waals surface area contributed by atoms with Crippen molar-refractivity contribution in [3.63, 3.8) is 0 Å². The maximum Gasteiger partial charge on any atom is 0.413 e. The van der Waals surface area contributed by atoms with Crippen molar-refractivity contribution in [1.82, 2.24) is 24.6 Å². The van der Waals surface area contributed by atoms with E-state index in [4.69, 9.17) is 4.74 Å². The fourth-order valence-electron chi connectivity index (χ4n) is 6.12. The summed E-state index contributed by atoms with van der Waals surface area (Å²) in [6, 6.07) is 10.0. The minimum absolute atomic E-state index is 0.0305. The summed E-state index contributed by atoms with van der Waals surface area (Å²) in [5.74, 6) is 1.42. The van der Waals surface area contributed by atoms with Gasteiger partial charge in [0.2, 0.25) is 0 Å². The normalized spacial score (nSPS) is 16.7. The van der Waals surface area contributed by atoms with Crippen LogP contribution >= 0.6 is 0 Å². The van der Waals surface area contributed by atoms with E-state index in [-0.39, 0.29) is 11.9 Å². The van der Waals surface area contributed by atoms with Gasteiger partial charge < -0.3 is 19.5 Å². The summed E-state index contributed by atoms with van der Waals surface area (Å²) in [5.41, 5.74) is 9.08. The van der Waals surface area contributed by atoms with Gasteiger partial charge in [-0.2, -0.15) is 0 Å². The van der Waals surface area contributed by atoms with E-state index in [1.807, 2.05) is 39.0 Å². The molecule has 238 valence electrons. The molecule has 2 amide bonds. The second kappa shape index (κ2) is 12.5. The van der Waals surface area contributed by atoms with Crippen LogP contribution < -0.4 is 10.6 Å². The third-order valence-corrected chi connectivity index (χ3v) is 8.16. The van der Waals surface area contributed by atoms with Gasteiger partial charge in [-0.15, -0.1) is 10.2 Å². The predicted molar refractivity (Wildman–Crippen MR) is 179 cm³/mol. The van der Waals surface area contributed by atoms with Crippen LogP contribution in [0.4, 0.5) is 16.4 Å². The smallest absolute Gasteiger partial charge is 0.413 e. The van der Waals surface area contributed by atoms with Crippen molar-refractivity contribution in [3.8, 4) is 0 Å². The summed E-state index contributed by atoms with van der Waals surface area (Å²) < 4.78 is 7.56. The highest BCUT2D eigenvalue weighted by Gasteiger charge is 2.26. The van der Waals surface area contributed by atoms with Crippen molar-refractivity contribution in [2.24, 2.45) is 7.05 Å². The first-order chi connectivity index (χ1) is 21.2. The lowest BCUT2D eigenvalue weighted by Gasteiger charge is -2.28. The molecule has 1 unspecified atom stereocenters. The molecule has 2 aromatic heterocycles. The van der Waals surface area contributed by atoms with Crippen molar-refractivity contribution in [1.29, 1.82) is 0 Å². The SMILES string of the molecule is Cc1cc(C(=O)N(C)C)cc(C)c1C1=CCN(Cc2cc3c(n2C)NC(C)C=C3c2ccc(NC(=O)OC(C)(C)C)nn2)CC1. The fourth-order valence-corrected chi connectivity index (χ4v) is 6.12. The highest BCUT2D eigenvalue weighted by Crippen LogP contribution is 2.37. The van der Waals surface area contributed by atoms with Gasteiger partial charge in [-0.3, -0.25) is 15.0 Å². The number of hydrogen-bond acceptors (Lipinski definition) is 7. The summed E-state index contributed by atoms with van der Waals surface area (Å²) in [6.07, 6.45) is 4.89. The quantitative estimate of drug-likeness (QED) is 0.352. The average Bonchev–Trinajstić information content (AvgIpc) is 3.26. The summed E-state index contributed by atoms with van der Waals surface area (Å²) in [5, 5.41) is 15.0. The lowest BCUT2D eigenvalue weighted by molar-refractivity contribution is 0.0634. The van der Waals surface area contributed by atoms with Crippen molar-refractivity contribution in [3.05, 3.63) is 81.7 Å². The first-order valence-electron chi connectivity index (χ1n) is 15.5. The van der Waals surface area contributed by atoms with Crippen LogP contribution in [0.2, 0.25) is 0 Å². The number of amides is 2.